The van der Waals surface area contributed by atoms with Gasteiger partial charge in [-0.1, -0.05) is 11.6 Å². The first-order valence-corrected chi connectivity index (χ1v) is 7.08. The van der Waals surface area contributed by atoms with Gasteiger partial charge in [0.1, 0.15) is 12.4 Å². The van der Waals surface area contributed by atoms with E-state index < -0.39 is 0 Å². The molecule has 0 atom stereocenters. The summed E-state index contributed by atoms with van der Waals surface area (Å²) < 4.78 is 1.83. The molecule has 1 aliphatic carbocycles. The summed E-state index contributed by atoms with van der Waals surface area (Å²) in [6.45, 7) is 0.232. The highest BCUT2D eigenvalue weighted by Crippen LogP contribution is 2.22. The van der Waals surface area contributed by atoms with Crippen molar-refractivity contribution in [3.8, 4) is 0 Å². The van der Waals surface area contributed by atoms with E-state index in [2.05, 4.69) is 10.3 Å². The first kappa shape index (κ1) is 12.8. The van der Waals surface area contributed by atoms with Gasteiger partial charge in [-0.15, -0.1) is 11.6 Å². The Balaban J connectivity index is 1.94. The maximum Gasteiger partial charge on any atom is 0.240 e. The number of alkyl halides is 1. The van der Waals surface area contributed by atoms with Crippen LogP contribution in [0.15, 0.2) is 18.2 Å². The predicted octanol–water partition coefficient (Wildman–Crippen LogP) is 2.71. The van der Waals surface area contributed by atoms with Gasteiger partial charge in [-0.25, -0.2) is 4.98 Å². The van der Waals surface area contributed by atoms with Crippen LogP contribution in [0.4, 0.5) is 0 Å². The lowest BCUT2D eigenvalue weighted by molar-refractivity contribution is -0.121. The van der Waals surface area contributed by atoms with Crippen molar-refractivity contribution in [2.75, 3.05) is 0 Å². The Bertz CT molecular complexity index is 634. The zero-order valence-corrected chi connectivity index (χ0v) is 11.7. The number of benzene rings is 1. The molecular weight excluding hydrogens is 285 g/mol. The monoisotopic (exact) mass is 297 g/mol. The number of rotatable bonds is 4. The van der Waals surface area contributed by atoms with Gasteiger partial charge in [0.15, 0.2) is 0 Å². The van der Waals surface area contributed by atoms with Crippen LogP contribution in [0.3, 0.4) is 0 Å². The summed E-state index contributed by atoms with van der Waals surface area (Å²) in [5.74, 6) is 0.946. The SMILES string of the molecule is O=C(Cn1c(CCl)nc2ccc(Cl)cc21)NC1CC1. The molecule has 0 unspecified atom stereocenters. The van der Waals surface area contributed by atoms with Crippen molar-refractivity contribution in [2.45, 2.75) is 31.3 Å². The van der Waals surface area contributed by atoms with Gasteiger partial charge in [-0.2, -0.15) is 0 Å². The van der Waals surface area contributed by atoms with Crippen LogP contribution in [0.2, 0.25) is 5.02 Å². The normalized spacial score (nSPS) is 14.8. The standard InChI is InChI=1S/C13H13Cl2N3O/c14-6-12-17-10-4-1-8(15)5-11(10)18(12)7-13(19)16-9-2-3-9/h1,4-5,9H,2-3,6-7H2,(H,16,19). The van der Waals surface area contributed by atoms with Crippen molar-refractivity contribution in [1.82, 2.24) is 14.9 Å². The lowest BCUT2D eigenvalue weighted by Gasteiger charge is -2.08. The van der Waals surface area contributed by atoms with Crippen molar-refractivity contribution in [3.05, 3.63) is 29.0 Å². The zero-order valence-electron chi connectivity index (χ0n) is 10.2. The second-order valence-electron chi connectivity index (χ2n) is 4.72. The Kier molecular flexibility index (Phi) is 3.37. The van der Waals surface area contributed by atoms with Crippen LogP contribution in [-0.4, -0.2) is 21.5 Å². The number of aromatic nitrogens is 2. The van der Waals surface area contributed by atoms with E-state index in [1.165, 1.54) is 0 Å². The summed E-state index contributed by atoms with van der Waals surface area (Å²) in [5.41, 5.74) is 1.65. The van der Waals surface area contributed by atoms with Crippen LogP contribution in [-0.2, 0) is 17.2 Å². The van der Waals surface area contributed by atoms with Gasteiger partial charge in [-0.05, 0) is 31.0 Å². The predicted molar refractivity (Wildman–Crippen MR) is 75.5 cm³/mol. The van der Waals surface area contributed by atoms with Crippen LogP contribution in [0.1, 0.15) is 18.7 Å². The number of nitrogens with zero attached hydrogens (tertiary/aromatic N) is 2. The first-order valence-electron chi connectivity index (χ1n) is 6.17. The Hall–Kier alpha value is -1.26. The second kappa shape index (κ2) is 5.02. The average molecular weight is 298 g/mol. The second-order valence-corrected chi connectivity index (χ2v) is 5.43. The molecule has 0 radical (unpaired) electrons. The van der Waals surface area contributed by atoms with Crippen LogP contribution < -0.4 is 5.32 Å². The zero-order chi connectivity index (χ0) is 13.4. The molecule has 1 amide bonds. The van der Waals surface area contributed by atoms with E-state index in [0.29, 0.717) is 16.9 Å². The van der Waals surface area contributed by atoms with Crippen molar-refractivity contribution in [2.24, 2.45) is 0 Å². The third-order valence-corrected chi connectivity index (χ3v) is 3.63. The lowest BCUT2D eigenvalue weighted by Crippen LogP contribution is -2.29. The molecule has 1 saturated carbocycles. The maximum absolute atomic E-state index is 11.9. The number of hydrogen-bond donors (Lipinski definition) is 1. The molecule has 0 aliphatic heterocycles. The largest absolute Gasteiger partial charge is 0.352 e. The maximum atomic E-state index is 11.9. The Morgan fingerprint density at radius 1 is 1.47 bits per heavy atom. The number of nitrogens with one attached hydrogen (secondary N) is 1. The highest BCUT2D eigenvalue weighted by atomic mass is 35.5. The molecule has 1 aromatic heterocycles. The minimum Gasteiger partial charge on any atom is -0.352 e. The molecule has 100 valence electrons. The van der Waals surface area contributed by atoms with E-state index in [4.69, 9.17) is 23.2 Å². The number of carbonyl (C=O) groups is 1. The molecule has 1 aliphatic rings. The molecule has 1 heterocycles. The average Bonchev–Trinajstić information content (AvgIpc) is 3.12. The smallest absolute Gasteiger partial charge is 0.240 e. The molecule has 19 heavy (non-hydrogen) atoms. The lowest BCUT2D eigenvalue weighted by atomic mass is 10.3. The fourth-order valence-electron chi connectivity index (χ4n) is 2.07. The molecular formula is C13H13Cl2N3O. The quantitative estimate of drug-likeness (QED) is 0.882. The van der Waals surface area contributed by atoms with E-state index >= 15 is 0 Å². The molecule has 1 N–H and O–H groups in total. The fraction of sp³-hybridized carbons (Fsp3) is 0.385. The summed E-state index contributed by atoms with van der Waals surface area (Å²) in [6.07, 6.45) is 2.15. The summed E-state index contributed by atoms with van der Waals surface area (Å²) in [7, 11) is 0. The van der Waals surface area contributed by atoms with Crippen molar-refractivity contribution < 1.29 is 4.79 Å². The van der Waals surface area contributed by atoms with E-state index in [0.717, 1.165) is 23.9 Å². The highest BCUT2D eigenvalue weighted by molar-refractivity contribution is 6.31. The van der Waals surface area contributed by atoms with Crippen LogP contribution >= 0.6 is 23.2 Å². The molecule has 0 spiro atoms. The van der Waals surface area contributed by atoms with Gasteiger partial charge in [0.05, 0.1) is 16.9 Å². The van der Waals surface area contributed by atoms with Crippen molar-refractivity contribution in [3.63, 3.8) is 0 Å². The number of carbonyl (C=O) groups excluding carboxylic acids is 1. The topological polar surface area (TPSA) is 46.9 Å². The van der Waals surface area contributed by atoms with Gasteiger partial charge in [-0.3, -0.25) is 4.79 Å². The third kappa shape index (κ3) is 2.69. The third-order valence-electron chi connectivity index (χ3n) is 3.15. The number of hydrogen-bond acceptors (Lipinski definition) is 2. The molecule has 2 aromatic rings. The molecule has 1 aromatic carbocycles. The Labute approximate surface area is 120 Å². The highest BCUT2D eigenvalue weighted by Gasteiger charge is 2.24. The number of amides is 1. The van der Waals surface area contributed by atoms with Gasteiger partial charge in [0.25, 0.3) is 0 Å². The summed E-state index contributed by atoms with van der Waals surface area (Å²) in [4.78, 5) is 16.3. The van der Waals surface area contributed by atoms with E-state index in [9.17, 15) is 4.79 Å². The van der Waals surface area contributed by atoms with Crippen LogP contribution in [0.5, 0.6) is 0 Å². The Morgan fingerprint density at radius 2 is 2.26 bits per heavy atom. The van der Waals surface area contributed by atoms with Crippen molar-refractivity contribution in [1.29, 1.82) is 0 Å². The molecule has 4 nitrogen and oxygen atoms in total. The van der Waals surface area contributed by atoms with Gasteiger partial charge in [0.2, 0.25) is 5.91 Å². The number of fused-ring (bicyclic) bond motifs is 1. The number of imidazole rings is 1. The van der Waals surface area contributed by atoms with E-state index in [1.54, 1.807) is 6.07 Å². The summed E-state index contributed by atoms with van der Waals surface area (Å²) >= 11 is 11.9. The van der Waals surface area contributed by atoms with E-state index in [-0.39, 0.29) is 18.3 Å². The van der Waals surface area contributed by atoms with Gasteiger partial charge >= 0.3 is 0 Å². The molecule has 0 bridgehead atoms. The number of halogens is 2. The Morgan fingerprint density at radius 3 is 2.95 bits per heavy atom. The summed E-state index contributed by atoms with van der Waals surface area (Å²) in [5, 5.41) is 3.58. The molecule has 1 fully saturated rings. The minimum absolute atomic E-state index is 0.00635. The first-order chi connectivity index (χ1) is 9.17. The fourth-order valence-corrected chi connectivity index (χ4v) is 2.44. The van der Waals surface area contributed by atoms with Gasteiger partial charge in [0, 0.05) is 11.1 Å². The van der Waals surface area contributed by atoms with Crippen LogP contribution in [0.25, 0.3) is 11.0 Å². The van der Waals surface area contributed by atoms with Crippen LogP contribution in [0, 0.1) is 0 Å². The minimum atomic E-state index is -0.00635. The van der Waals surface area contributed by atoms with Crippen molar-refractivity contribution >= 4 is 40.1 Å². The van der Waals surface area contributed by atoms with E-state index in [1.807, 2.05) is 16.7 Å². The molecule has 0 saturated heterocycles. The summed E-state index contributed by atoms with van der Waals surface area (Å²) in [6, 6.07) is 5.78. The van der Waals surface area contributed by atoms with Gasteiger partial charge < -0.3 is 9.88 Å². The molecule has 3 rings (SSSR count). The molecule has 6 heteroatoms.